The van der Waals surface area contributed by atoms with E-state index in [0.29, 0.717) is 5.13 Å². The first-order valence-corrected chi connectivity index (χ1v) is 8.55. The van der Waals surface area contributed by atoms with Crippen LogP contribution in [0.15, 0.2) is 29.6 Å². The number of nitrogens with one attached hydrogen (secondary N) is 1. The highest BCUT2D eigenvalue weighted by Gasteiger charge is 2.21. The largest absolute Gasteiger partial charge is 0.497 e. The van der Waals surface area contributed by atoms with E-state index in [4.69, 9.17) is 4.74 Å². The van der Waals surface area contributed by atoms with E-state index < -0.39 is 0 Å². The third-order valence-corrected chi connectivity index (χ3v) is 4.85. The number of benzene rings is 1. The third-order valence-electron chi connectivity index (χ3n) is 4.10. The van der Waals surface area contributed by atoms with Crippen molar-refractivity contribution in [1.29, 1.82) is 0 Å². The van der Waals surface area contributed by atoms with Crippen LogP contribution in [0.4, 0.5) is 5.13 Å². The molecule has 0 atom stereocenters. The second-order valence-electron chi connectivity index (χ2n) is 5.59. The van der Waals surface area contributed by atoms with Gasteiger partial charge in [-0.15, -0.1) is 11.3 Å². The molecule has 1 aliphatic rings. The second kappa shape index (κ2) is 6.92. The maximum atomic E-state index is 12.2. The summed E-state index contributed by atoms with van der Waals surface area (Å²) in [6.07, 6.45) is 5.58. The lowest BCUT2D eigenvalue weighted by Crippen LogP contribution is -2.24. The molecule has 0 radical (unpaired) electrons. The molecule has 116 valence electrons. The van der Waals surface area contributed by atoms with Crippen molar-refractivity contribution in [2.75, 3.05) is 12.4 Å². The first-order valence-electron chi connectivity index (χ1n) is 7.67. The summed E-state index contributed by atoms with van der Waals surface area (Å²) in [5, 5.41) is 5.62. The molecule has 22 heavy (non-hydrogen) atoms. The summed E-state index contributed by atoms with van der Waals surface area (Å²) in [7, 11) is 1.65. The summed E-state index contributed by atoms with van der Waals surface area (Å²) in [5.41, 5.74) is 1.90. The Morgan fingerprint density at radius 1 is 1.23 bits per heavy atom. The molecule has 0 aliphatic heterocycles. The third kappa shape index (κ3) is 3.47. The zero-order chi connectivity index (χ0) is 15.4. The lowest BCUT2D eigenvalue weighted by molar-refractivity contribution is -0.120. The van der Waals surface area contributed by atoms with E-state index in [0.717, 1.165) is 42.7 Å². The Hall–Kier alpha value is -1.88. The van der Waals surface area contributed by atoms with Crippen molar-refractivity contribution in [3.8, 4) is 17.0 Å². The van der Waals surface area contributed by atoms with Crippen LogP contribution in [0, 0.1) is 5.92 Å². The fraction of sp³-hybridized carbons (Fsp3) is 0.412. The minimum Gasteiger partial charge on any atom is -0.497 e. The van der Waals surface area contributed by atoms with Crippen molar-refractivity contribution in [2.45, 2.75) is 32.1 Å². The van der Waals surface area contributed by atoms with Gasteiger partial charge in [0, 0.05) is 16.9 Å². The summed E-state index contributed by atoms with van der Waals surface area (Å²) < 4.78 is 5.16. The molecular formula is C17H20N2O2S. The van der Waals surface area contributed by atoms with Gasteiger partial charge in [0.2, 0.25) is 5.91 Å². The molecule has 1 heterocycles. The van der Waals surface area contributed by atoms with Gasteiger partial charge in [0.1, 0.15) is 5.75 Å². The minimum atomic E-state index is 0.121. The molecule has 4 nitrogen and oxygen atoms in total. The van der Waals surface area contributed by atoms with Crippen molar-refractivity contribution in [3.05, 3.63) is 29.6 Å². The zero-order valence-electron chi connectivity index (χ0n) is 12.7. The van der Waals surface area contributed by atoms with Gasteiger partial charge >= 0.3 is 0 Å². The lowest BCUT2D eigenvalue weighted by Gasteiger charge is -2.19. The van der Waals surface area contributed by atoms with E-state index in [9.17, 15) is 4.79 Å². The van der Waals surface area contributed by atoms with Crippen LogP contribution in [0.1, 0.15) is 32.1 Å². The lowest BCUT2D eigenvalue weighted by atomic mass is 9.89. The van der Waals surface area contributed by atoms with Crippen LogP contribution in [0.3, 0.4) is 0 Å². The first-order chi connectivity index (χ1) is 10.8. The average Bonchev–Trinajstić information content (AvgIpc) is 3.04. The van der Waals surface area contributed by atoms with Crippen molar-refractivity contribution in [1.82, 2.24) is 4.98 Å². The van der Waals surface area contributed by atoms with Gasteiger partial charge in [-0.1, -0.05) is 19.3 Å². The Bertz CT molecular complexity index is 630. The molecule has 0 bridgehead atoms. The maximum absolute atomic E-state index is 12.2. The van der Waals surface area contributed by atoms with Crippen molar-refractivity contribution in [2.24, 2.45) is 5.92 Å². The molecule has 0 saturated heterocycles. The molecule has 1 N–H and O–H groups in total. The molecule has 2 aromatic rings. The number of carbonyl (C=O) groups excluding carboxylic acids is 1. The second-order valence-corrected chi connectivity index (χ2v) is 6.45. The molecule has 1 aromatic heterocycles. The molecule has 1 saturated carbocycles. The predicted octanol–water partition coefficient (Wildman–Crippen LogP) is 4.34. The number of anilines is 1. The van der Waals surface area contributed by atoms with Crippen LogP contribution < -0.4 is 10.1 Å². The summed E-state index contributed by atoms with van der Waals surface area (Å²) in [4.78, 5) is 16.8. The fourth-order valence-corrected chi connectivity index (χ4v) is 3.52. The SMILES string of the molecule is COc1ccc(-c2csc(NC(=O)C3CCCCC3)n2)cc1. The standard InChI is InChI=1S/C17H20N2O2S/c1-21-14-9-7-12(8-10-14)15-11-22-17(18-15)19-16(20)13-5-3-2-4-6-13/h7-11,13H,2-6H2,1H3,(H,18,19,20). The number of hydrogen-bond donors (Lipinski definition) is 1. The number of amides is 1. The number of hydrogen-bond acceptors (Lipinski definition) is 4. The van der Waals surface area contributed by atoms with Gasteiger partial charge in [-0.2, -0.15) is 0 Å². The van der Waals surface area contributed by atoms with E-state index in [1.54, 1.807) is 7.11 Å². The van der Waals surface area contributed by atoms with Gasteiger partial charge in [0.25, 0.3) is 0 Å². The molecular weight excluding hydrogens is 296 g/mol. The van der Waals surface area contributed by atoms with Crippen LogP contribution in [0.2, 0.25) is 0 Å². The van der Waals surface area contributed by atoms with Gasteiger partial charge < -0.3 is 10.1 Å². The Balaban J connectivity index is 1.66. The highest BCUT2D eigenvalue weighted by atomic mass is 32.1. The van der Waals surface area contributed by atoms with Crippen LogP contribution in [0.5, 0.6) is 5.75 Å². The van der Waals surface area contributed by atoms with E-state index in [1.165, 1.54) is 17.8 Å². The Morgan fingerprint density at radius 3 is 2.64 bits per heavy atom. The average molecular weight is 316 g/mol. The molecule has 3 rings (SSSR count). The smallest absolute Gasteiger partial charge is 0.229 e. The number of rotatable bonds is 4. The van der Waals surface area contributed by atoms with E-state index >= 15 is 0 Å². The molecule has 5 heteroatoms. The number of methoxy groups -OCH3 is 1. The molecule has 1 aromatic carbocycles. The minimum absolute atomic E-state index is 0.121. The van der Waals surface area contributed by atoms with Crippen LogP contribution >= 0.6 is 11.3 Å². The maximum Gasteiger partial charge on any atom is 0.229 e. The van der Waals surface area contributed by atoms with Crippen molar-refractivity contribution < 1.29 is 9.53 Å². The molecule has 1 aliphatic carbocycles. The van der Waals surface area contributed by atoms with Crippen molar-refractivity contribution >= 4 is 22.4 Å². The topological polar surface area (TPSA) is 51.2 Å². The van der Waals surface area contributed by atoms with Crippen molar-refractivity contribution in [3.63, 3.8) is 0 Å². The fourth-order valence-electron chi connectivity index (χ4n) is 2.80. The first kappa shape index (κ1) is 15.0. The van der Waals surface area contributed by atoms with Crippen LogP contribution in [-0.2, 0) is 4.79 Å². The van der Waals surface area contributed by atoms with E-state index in [-0.39, 0.29) is 11.8 Å². The highest BCUT2D eigenvalue weighted by Crippen LogP contribution is 2.28. The number of nitrogens with zero attached hydrogens (tertiary/aromatic N) is 1. The number of thiazole rings is 1. The summed E-state index contributed by atoms with van der Waals surface area (Å²) in [5.74, 6) is 1.10. The molecule has 0 unspecified atom stereocenters. The van der Waals surface area contributed by atoms with Gasteiger partial charge in [-0.3, -0.25) is 4.79 Å². The van der Waals surface area contributed by atoms with Gasteiger partial charge in [-0.05, 0) is 37.1 Å². The molecule has 1 amide bonds. The summed E-state index contributed by atoms with van der Waals surface area (Å²) >= 11 is 1.47. The van der Waals surface area contributed by atoms with Gasteiger partial charge in [0.05, 0.1) is 12.8 Å². The van der Waals surface area contributed by atoms with Gasteiger partial charge in [0.15, 0.2) is 5.13 Å². The van der Waals surface area contributed by atoms with E-state index in [2.05, 4.69) is 10.3 Å². The Kier molecular flexibility index (Phi) is 4.73. The Morgan fingerprint density at radius 2 is 1.95 bits per heavy atom. The predicted molar refractivity (Wildman–Crippen MR) is 89.3 cm³/mol. The Labute approximate surface area is 134 Å². The number of aromatic nitrogens is 1. The number of ether oxygens (including phenoxy) is 1. The van der Waals surface area contributed by atoms with E-state index in [1.807, 2.05) is 29.6 Å². The van der Waals surface area contributed by atoms with Gasteiger partial charge in [-0.25, -0.2) is 4.98 Å². The van der Waals surface area contributed by atoms with Crippen LogP contribution in [-0.4, -0.2) is 18.0 Å². The highest BCUT2D eigenvalue weighted by molar-refractivity contribution is 7.14. The normalized spacial score (nSPS) is 15.5. The summed E-state index contributed by atoms with van der Waals surface area (Å²) in [6.45, 7) is 0. The monoisotopic (exact) mass is 316 g/mol. The molecule has 0 spiro atoms. The summed E-state index contributed by atoms with van der Waals surface area (Å²) in [6, 6.07) is 7.77. The van der Waals surface area contributed by atoms with Crippen LogP contribution in [0.25, 0.3) is 11.3 Å². The number of carbonyl (C=O) groups is 1. The zero-order valence-corrected chi connectivity index (χ0v) is 13.5. The quantitative estimate of drug-likeness (QED) is 0.913. The molecule has 1 fully saturated rings.